The first-order valence-electron chi connectivity index (χ1n) is 5.97. The fourth-order valence-corrected chi connectivity index (χ4v) is 2.46. The molecule has 2 heterocycles. The van der Waals surface area contributed by atoms with E-state index in [0.717, 1.165) is 10.9 Å². The lowest BCUT2D eigenvalue weighted by atomic mass is 10.0. The number of hydrogen-bond donors (Lipinski definition) is 2. The van der Waals surface area contributed by atoms with Gasteiger partial charge in [-0.1, -0.05) is 30.3 Å². The lowest BCUT2D eigenvalue weighted by Gasteiger charge is -2.00. The number of benzene rings is 2. The Hall–Kier alpha value is -2.48. The highest BCUT2D eigenvalue weighted by Crippen LogP contribution is 2.30. The summed E-state index contributed by atoms with van der Waals surface area (Å²) in [5.74, 6) is 0. The van der Waals surface area contributed by atoms with Crippen molar-refractivity contribution in [3.05, 3.63) is 60.9 Å². The number of aromatic nitrogens is 2. The summed E-state index contributed by atoms with van der Waals surface area (Å²) in [6.07, 6.45) is 3.92. The van der Waals surface area contributed by atoms with Crippen molar-refractivity contribution in [2.24, 2.45) is 0 Å². The summed E-state index contributed by atoms with van der Waals surface area (Å²) in [7, 11) is 0. The van der Waals surface area contributed by atoms with E-state index in [1.165, 1.54) is 22.0 Å². The van der Waals surface area contributed by atoms with Gasteiger partial charge in [0.25, 0.3) is 0 Å². The average molecular weight is 231 g/mol. The van der Waals surface area contributed by atoms with Gasteiger partial charge in [-0.15, -0.1) is 0 Å². The van der Waals surface area contributed by atoms with Crippen molar-refractivity contribution < 1.29 is 0 Å². The van der Waals surface area contributed by atoms with Gasteiger partial charge in [0, 0.05) is 45.8 Å². The van der Waals surface area contributed by atoms with Crippen molar-refractivity contribution in [3.63, 3.8) is 0 Å². The Labute approximate surface area is 104 Å². The van der Waals surface area contributed by atoms with Gasteiger partial charge in [-0.2, -0.15) is 0 Å². The molecule has 0 spiro atoms. The molecular weight excluding hydrogens is 220 g/mol. The molecule has 2 aromatic carbocycles. The van der Waals surface area contributed by atoms with E-state index >= 15 is 0 Å². The molecule has 0 amide bonds. The summed E-state index contributed by atoms with van der Waals surface area (Å²) in [5.41, 5.74) is 4.75. The van der Waals surface area contributed by atoms with E-state index in [4.69, 9.17) is 0 Å². The van der Waals surface area contributed by atoms with E-state index in [2.05, 4.69) is 58.6 Å². The maximum absolute atomic E-state index is 3.31. The molecule has 0 saturated carbocycles. The number of fused-ring (bicyclic) bond motifs is 2. The number of para-hydroxylation sites is 1. The van der Waals surface area contributed by atoms with Crippen LogP contribution in [-0.2, 0) is 0 Å². The van der Waals surface area contributed by atoms with Crippen molar-refractivity contribution in [3.8, 4) is 11.1 Å². The van der Waals surface area contributed by atoms with Crippen LogP contribution in [0.2, 0.25) is 0 Å². The van der Waals surface area contributed by atoms with Crippen LogP contribution in [0.25, 0.3) is 32.9 Å². The topological polar surface area (TPSA) is 31.6 Å². The molecule has 1 radical (unpaired) electrons. The molecule has 0 saturated heterocycles. The van der Waals surface area contributed by atoms with Crippen molar-refractivity contribution in [1.29, 1.82) is 0 Å². The summed E-state index contributed by atoms with van der Waals surface area (Å²) in [6.45, 7) is 0. The van der Waals surface area contributed by atoms with Crippen LogP contribution in [0.4, 0.5) is 0 Å². The minimum Gasteiger partial charge on any atom is -0.361 e. The summed E-state index contributed by atoms with van der Waals surface area (Å²) >= 11 is 0. The molecule has 2 N–H and O–H groups in total. The summed E-state index contributed by atoms with van der Waals surface area (Å²) in [4.78, 5) is 6.51. The summed E-state index contributed by atoms with van der Waals surface area (Å²) in [6, 6.07) is 17.9. The van der Waals surface area contributed by atoms with Gasteiger partial charge in [-0.25, -0.2) is 0 Å². The number of nitrogens with one attached hydrogen (secondary N) is 2. The van der Waals surface area contributed by atoms with Crippen molar-refractivity contribution in [1.82, 2.24) is 9.97 Å². The number of aromatic amines is 2. The fraction of sp³-hybridized carbons (Fsp3) is 0. The average Bonchev–Trinajstić information content (AvgIpc) is 3.04. The minimum atomic E-state index is 1.12. The van der Waals surface area contributed by atoms with Crippen LogP contribution in [0.5, 0.6) is 0 Å². The lowest BCUT2D eigenvalue weighted by Crippen LogP contribution is -1.76. The standard InChI is InChI=1S/C16H11N2/c1-2-4-15-13(3-1)14(10-18-15)12-6-5-11-7-8-17-16(11)9-12/h1-6,8-10,17-18H. The Balaban J connectivity index is 2.00. The van der Waals surface area contributed by atoms with E-state index in [0.29, 0.717) is 0 Å². The van der Waals surface area contributed by atoms with E-state index in [9.17, 15) is 0 Å². The minimum absolute atomic E-state index is 1.12. The Morgan fingerprint density at radius 1 is 0.889 bits per heavy atom. The van der Waals surface area contributed by atoms with Gasteiger partial charge in [0.1, 0.15) is 0 Å². The normalized spacial score (nSPS) is 11.3. The van der Waals surface area contributed by atoms with Gasteiger partial charge < -0.3 is 9.97 Å². The van der Waals surface area contributed by atoms with Gasteiger partial charge >= 0.3 is 0 Å². The third-order valence-corrected chi connectivity index (χ3v) is 3.38. The molecule has 0 fully saturated rings. The molecule has 0 atom stereocenters. The highest BCUT2D eigenvalue weighted by atomic mass is 14.7. The molecule has 4 rings (SSSR count). The van der Waals surface area contributed by atoms with Gasteiger partial charge in [0.2, 0.25) is 0 Å². The first-order valence-corrected chi connectivity index (χ1v) is 5.97. The van der Waals surface area contributed by atoms with Crippen molar-refractivity contribution in [2.45, 2.75) is 0 Å². The van der Waals surface area contributed by atoms with Crippen LogP contribution in [-0.4, -0.2) is 9.97 Å². The SMILES string of the molecule is [c]1c[nH]c2cc(-c3c[nH]c4ccccc34)ccc12. The monoisotopic (exact) mass is 231 g/mol. The Morgan fingerprint density at radius 3 is 2.83 bits per heavy atom. The van der Waals surface area contributed by atoms with Crippen LogP contribution >= 0.6 is 0 Å². The molecule has 2 nitrogen and oxygen atoms in total. The molecule has 18 heavy (non-hydrogen) atoms. The first-order chi connectivity index (χ1) is 8.92. The van der Waals surface area contributed by atoms with E-state index < -0.39 is 0 Å². The predicted octanol–water partition coefficient (Wildman–Crippen LogP) is 4.12. The number of H-pyrrole nitrogens is 2. The van der Waals surface area contributed by atoms with E-state index in [1.807, 2.05) is 12.3 Å². The second kappa shape index (κ2) is 3.50. The molecule has 0 unspecified atom stereocenters. The van der Waals surface area contributed by atoms with Crippen LogP contribution in [0, 0.1) is 6.07 Å². The Morgan fingerprint density at radius 2 is 1.83 bits per heavy atom. The second-order valence-electron chi connectivity index (χ2n) is 4.44. The highest BCUT2D eigenvalue weighted by molar-refractivity contribution is 5.97. The molecule has 2 heteroatoms. The van der Waals surface area contributed by atoms with Crippen LogP contribution in [0.1, 0.15) is 0 Å². The van der Waals surface area contributed by atoms with Gasteiger partial charge in [0.05, 0.1) is 0 Å². The zero-order chi connectivity index (χ0) is 11.9. The second-order valence-corrected chi connectivity index (χ2v) is 4.44. The van der Waals surface area contributed by atoms with Gasteiger partial charge in [0.15, 0.2) is 0 Å². The zero-order valence-electron chi connectivity index (χ0n) is 9.70. The molecule has 2 aromatic heterocycles. The van der Waals surface area contributed by atoms with E-state index in [1.54, 1.807) is 0 Å². The number of hydrogen-bond acceptors (Lipinski definition) is 0. The van der Waals surface area contributed by atoms with Crippen LogP contribution < -0.4 is 0 Å². The third-order valence-electron chi connectivity index (χ3n) is 3.38. The largest absolute Gasteiger partial charge is 0.361 e. The molecule has 0 aliphatic rings. The maximum Gasteiger partial charge on any atom is 0.0466 e. The first kappa shape index (κ1) is 9.54. The highest BCUT2D eigenvalue weighted by Gasteiger charge is 2.06. The molecule has 85 valence electrons. The predicted molar refractivity (Wildman–Crippen MR) is 74.4 cm³/mol. The van der Waals surface area contributed by atoms with E-state index in [-0.39, 0.29) is 0 Å². The summed E-state index contributed by atoms with van der Waals surface area (Å²) in [5, 5.41) is 2.38. The maximum atomic E-state index is 3.31. The smallest absolute Gasteiger partial charge is 0.0466 e. The fourth-order valence-electron chi connectivity index (χ4n) is 2.46. The van der Waals surface area contributed by atoms with Crippen molar-refractivity contribution >= 4 is 21.8 Å². The molecule has 0 bridgehead atoms. The van der Waals surface area contributed by atoms with Gasteiger partial charge in [-0.05, 0) is 17.7 Å². The number of rotatable bonds is 1. The Bertz CT molecular complexity index is 836. The molecule has 4 aromatic rings. The quantitative estimate of drug-likeness (QED) is 0.494. The Kier molecular flexibility index (Phi) is 1.86. The molecule has 0 aliphatic carbocycles. The van der Waals surface area contributed by atoms with Crippen LogP contribution in [0.3, 0.4) is 0 Å². The molecular formula is C16H11N2. The van der Waals surface area contributed by atoms with Crippen molar-refractivity contribution in [2.75, 3.05) is 0 Å². The zero-order valence-corrected chi connectivity index (χ0v) is 9.70. The summed E-state index contributed by atoms with van der Waals surface area (Å²) < 4.78 is 0. The lowest BCUT2D eigenvalue weighted by molar-refractivity contribution is 1.46. The van der Waals surface area contributed by atoms with Gasteiger partial charge in [-0.3, -0.25) is 0 Å². The molecule has 0 aliphatic heterocycles. The third kappa shape index (κ3) is 1.29. The van der Waals surface area contributed by atoms with Crippen LogP contribution in [0.15, 0.2) is 54.9 Å².